The smallest absolute Gasteiger partial charge is 0.319 e. The topological polar surface area (TPSA) is 149 Å². The summed E-state index contributed by atoms with van der Waals surface area (Å²) < 4.78 is 6.67. The molecule has 262 valence electrons. The monoisotopic (exact) mass is 670 g/mol. The van der Waals surface area contributed by atoms with E-state index in [2.05, 4.69) is 27.8 Å². The number of amides is 4. The number of benzene rings is 3. The summed E-state index contributed by atoms with van der Waals surface area (Å²) in [5.41, 5.74) is 9.89. The van der Waals surface area contributed by atoms with E-state index in [0.29, 0.717) is 53.6 Å². The fourth-order valence-electron chi connectivity index (χ4n) is 6.57. The molecule has 11 nitrogen and oxygen atoms in total. The first kappa shape index (κ1) is 35.7. The Balaban J connectivity index is 1.27. The van der Waals surface area contributed by atoms with Crippen LogP contribution in [-0.2, 0) is 17.8 Å². The number of nitrogens with zero attached hydrogens (tertiary/aromatic N) is 2. The molecule has 0 bridgehead atoms. The third-order valence-electron chi connectivity index (χ3n) is 9.48. The number of rotatable bonds is 10. The lowest BCUT2D eigenvalue weighted by atomic mass is 9.96. The molecule has 1 saturated carbocycles. The summed E-state index contributed by atoms with van der Waals surface area (Å²) in [4.78, 5) is 43.1. The standard InChI is InChI=1S/C38H50N6O5/c1-25-21-44(26(2)24-45)36(46)20-29-19-31(41-38(48)40-30-9-5-4-6-10-30)17-18-34(29)49-35(25)23-43(3)22-27-13-15-28(16-14-27)37(47)42-33-12-8-7-11-32(33)39/h7-8,11-19,25-26,30,35,45H,4-6,9-10,20-24,39H2,1-3H3,(H,42,47)(H2,40,41,48)/t25-,26-,35-/m1/s1. The predicted molar refractivity (Wildman–Crippen MR) is 193 cm³/mol. The van der Waals surface area contributed by atoms with E-state index in [0.717, 1.165) is 31.2 Å². The van der Waals surface area contributed by atoms with Gasteiger partial charge in [0.15, 0.2) is 0 Å². The van der Waals surface area contributed by atoms with Gasteiger partial charge < -0.3 is 36.4 Å². The number of urea groups is 1. The van der Waals surface area contributed by atoms with Gasteiger partial charge in [0, 0.05) is 48.4 Å². The van der Waals surface area contributed by atoms with Crippen molar-refractivity contribution in [3.8, 4) is 5.75 Å². The van der Waals surface area contributed by atoms with Crippen LogP contribution in [0.5, 0.6) is 5.75 Å². The molecule has 3 aromatic carbocycles. The average molecular weight is 671 g/mol. The predicted octanol–water partition coefficient (Wildman–Crippen LogP) is 5.26. The number of hydrogen-bond donors (Lipinski definition) is 5. The molecule has 1 heterocycles. The number of para-hydroxylation sites is 2. The van der Waals surface area contributed by atoms with Gasteiger partial charge in [-0.25, -0.2) is 4.79 Å². The zero-order valence-corrected chi connectivity index (χ0v) is 28.8. The van der Waals surface area contributed by atoms with Crippen molar-refractivity contribution in [3.05, 3.63) is 83.4 Å². The Morgan fingerprint density at radius 2 is 1.78 bits per heavy atom. The molecule has 49 heavy (non-hydrogen) atoms. The van der Waals surface area contributed by atoms with Gasteiger partial charge in [-0.15, -0.1) is 0 Å². The van der Waals surface area contributed by atoms with Crippen LogP contribution in [0, 0.1) is 5.92 Å². The second-order valence-electron chi connectivity index (χ2n) is 13.6. The van der Waals surface area contributed by atoms with Crippen molar-refractivity contribution in [1.82, 2.24) is 15.1 Å². The molecule has 0 aromatic heterocycles. The van der Waals surface area contributed by atoms with Crippen LogP contribution in [0.15, 0.2) is 66.7 Å². The maximum absolute atomic E-state index is 13.6. The molecule has 6 N–H and O–H groups in total. The van der Waals surface area contributed by atoms with Crippen molar-refractivity contribution in [1.29, 1.82) is 0 Å². The number of anilines is 3. The lowest BCUT2D eigenvalue weighted by Crippen LogP contribution is -2.47. The molecule has 11 heteroatoms. The van der Waals surface area contributed by atoms with Crippen molar-refractivity contribution in [2.45, 2.75) is 77.1 Å². The van der Waals surface area contributed by atoms with Crippen LogP contribution >= 0.6 is 0 Å². The minimum atomic E-state index is -0.355. The first-order chi connectivity index (χ1) is 23.6. The Morgan fingerprint density at radius 3 is 2.49 bits per heavy atom. The van der Waals surface area contributed by atoms with Gasteiger partial charge in [0.2, 0.25) is 5.91 Å². The lowest BCUT2D eigenvalue weighted by Gasteiger charge is -2.34. The highest BCUT2D eigenvalue weighted by Crippen LogP contribution is 2.30. The highest BCUT2D eigenvalue weighted by atomic mass is 16.5. The first-order valence-electron chi connectivity index (χ1n) is 17.3. The van der Waals surface area contributed by atoms with E-state index in [4.69, 9.17) is 10.5 Å². The molecule has 0 saturated heterocycles. The van der Waals surface area contributed by atoms with E-state index in [1.807, 2.05) is 56.4 Å². The van der Waals surface area contributed by atoms with Crippen LogP contribution in [0.1, 0.15) is 67.4 Å². The van der Waals surface area contributed by atoms with E-state index in [-0.39, 0.29) is 55.0 Å². The van der Waals surface area contributed by atoms with Gasteiger partial charge in [0.25, 0.3) is 5.91 Å². The van der Waals surface area contributed by atoms with Gasteiger partial charge in [-0.05, 0) is 74.8 Å². The van der Waals surface area contributed by atoms with Crippen LogP contribution in [-0.4, -0.2) is 77.7 Å². The Morgan fingerprint density at radius 1 is 1.04 bits per heavy atom. The summed E-state index contributed by atoms with van der Waals surface area (Å²) in [6.07, 6.45) is 5.23. The molecule has 3 aromatic rings. The number of nitrogen functional groups attached to an aromatic ring is 1. The summed E-state index contributed by atoms with van der Waals surface area (Å²) in [6.45, 7) is 5.37. The minimum absolute atomic E-state index is 0.0538. The number of hydrogen-bond acceptors (Lipinski definition) is 7. The highest BCUT2D eigenvalue weighted by molar-refractivity contribution is 6.05. The number of nitrogens with one attached hydrogen (secondary N) is 3. The Kier molecular flexibility index (Phi) is 12.1. The zero-order valence-electron chi connectivity index (χ0n) is 28.8. The van der Waals surface area contributed by atoms with Gasteiger partial charge in [0.05, 0.1) is 30.4 Å². The van der Waals surface area contributed by atoms with E-state index in [1.54, 1.807) is 29.2 Å². The molecular formula is C38H50N6O5. The molecule has 1 aliphatic heterocycles. The molecule has 0 spiro atoms. The minimum Gasteiger partial charge on any atom is -0.488 e. The lowest BCUT2D eigenvalue weighted by molar-refractivity contribution is -0.134. The molecule has 3 atom stereocenters. The molecule has 2 aliphatic rings. The number of likely N-dealkylation sites (N-methyl/N-ethyl adjacent to an activating group) is 1. The molecule has 0 unspecified atom stereocenters. The second-order valence-corrected chi connectivity index (χ2v) is 13.6. The summed E-state index contributed by atoms with van der Waals surface area (Å²) >= 11 is 0. The SMILES string of the molecule is C[C@@H]1CN([C@H](C)CO)C(=O)Cc2cc(NC(=O)NC3CCCCC3)ccc2O[C@@H]1CN(C)Cc1ccc(C(=O)Nc2ccccc2N)cc1. The van der Waals surface area contributed by atoms with E-state index < -0.39 is 0 Å². The fraction of sp³-hybridized carbons (Fsp3) is 0.447. The van der Waals surface area contributed by atoms with E-state index in [1.165, 1.54) is 6.42 Å². The van der Waals surface area contributed by atoms with Crippen molar-refractivity contribution in [3.63, 3.8) is 0 Å². The van der Waals surface area contributed by atoms with Crippen molar-refractivity contribution >= 4 is 34.9 Å². The molecule has 1 fully saturated rings. The third-order valence-corrected chi connectivity index (χ3v) is 9.48. The second kappa shape index (κ2) is 16.7. The largest absolute Gasteiger partial charge is 0.488 e. The Labute approximate surface area is 289 Å². The molecule has 1 aliphatic carbocycles. The van der Waals surface area contributed by atoms with Gasteiger partial charge in [-0.1, -0.05) is 50.5 Å². The molecule has 0 radical (unpaired) electrons. The third kappa shape index (κ3) is 9.73. The molecule has 5 rings (SSSR count). The first-order valence-corrected chi connectivity index (χ1v) is 17.3. The highest BCUT2D eigenvalue weighted by Gasteiger charge is 2.31. The zero-order chi connectivity index (χ0) is 34.9. The summed E-state index contributed by atoms with van der Waals surface area (Å²) in [6, 6.07) is 19.6. The number of nitrogens with two attached hydrogens (primary N) is 1. The number of ether oxygens (including phenoxy) is 1. The number of aliphatic hydroxyl groups is 1. The summed E-state index contributed by atoms with van der Waals surface area (Å²) in [5, 5.41) is 18.9. The number of carbonyl (C=O) groups excluding carboxylic acids is 3. The Hall–Kier alpha value is -4.61. The van der Waals surface area contributed by atoms with E-state index in [9.17, 15) is 19.5 Å². The average Bonchev–Trinajstić information content (AvgIpc) is 3.13. The maximum Gasteiger partial charge on any atom is 0.319 e. The molecular weight excluding hydrogens is 620 g/mol. The van der Waals surface area contributed by atoms with Crippen molar-refractivity contribution in [2.24, 2.45) is 5.92 Å². The van der Waals surface area contributed by atoms with Crippen LogP contribution < -0.4 is 26.4 Å². The summed E-state index contributed by atoms with van der Waals surface area (Å²) in [5.74, 6) is 0.213. The Bertz CT molecular complexity index is 1590. The number of aliphatic hydroxyl groups excluding tert-OH is 1. The normalized spacial score (nSPS) is 19.1. The number of fused-ring (bicyclic) bond motifs is 1. The van der Waals surface area contributed by atoms with Crippen molar-refractivity contribution in [2.75, 3.05) is 43.1 Å². The maximum atomic E-state index is 13.6. The fourth-order valence-corrected chi connectivity index (χ4v) is 6.57. The van der Waals surface area contributed by atoms with Crippen LogP contribution in [0.4, 0.5) is 21.9 Å². The van der Waals surface area contributed by atoms with Crippen LogP contribution in [0.2, 0.25) is 0 Å². The summed E-state index contributed by atoms with van der Waals surface area (Å²) in [7, 11) is 2.01. The van der Waals surface area contributed by atoms with Gasteiger partial charge in [-0.3, -0.25) is 14.5 Å². The van der Waals surface area contributed by atoms with Crippen molar-refractivity contribution < 1.29 is 24.2 Å². The van der Waals surface area contributed by atoms with Gasteiger partial charge in [-0.2, -0.15) is 0 Å². The number of carbonyl (C=O) groups is 3. The van der Waals surface area contributed by atoms with Gasteiger partial charge >= 0.3 is 6.03 Å². The van der Waals surface area contributed by atoms with Crippen LogP contribution in [0.25, 0.3) is 0 Å². The van der Waals surface area contributed by atoms with Crippen LogP contribution in [0.3, 0.4) is 0 Å². The van der Waals surface area contributed by atoms with E-state index >= 15 is 0 Å². The van der Waals surface area contributed by atoms with Gasteiger partial charge in [0.1, 0.15) is 11.9 Å². The molecule has 4 amide bonds. The quantitative estimate of drug-likeness (QED) is 0.185.